The Morgan fingerprint density at radius 1 is 1.24 bits per heavy atom. The number of likely N-dealkylation sites (tertiary alicyclic amines) is 1. The van der Waals surface area contributed by atoms with Crippen LogP contribution in [0.2, 0.25) is 0 Å². The SMILES string of the molecule is COc1cc(C)c2[nH]ccc2c1CN1CC[C@H](OC)CC1c1ccc(C(=O)NCCO)cc1. The van der Waals surface area contributed by atoms with E-state index in [1.165, 1.54) is 16.5 Å². The number of piperidine rings is 1. The van der Waals surface area contributed by atoms with Crippen LogP contribution in [0.4, 0.5) is 0 Å². The fraction of sp³-hybridized carbons (Fsp3) is 0.423. The number of methoxy groups -OCH3 is 2. The van der Waals surface area contributed by atoms with Gasteiger partial charge >= 0.3 is 0 Å². The molecule has 176 valence electrons. The summed E-state index contributed by atoms with van der Waals surface area (Å²) in [5.74, 6) is 0.730. The molecule has 0 radical (unpaired) electrons. The first-order valence-electron chi connectivity index (χ1n) is 11.4. The molecular formula is C26H33N3O4. The molecule has 1 aliphatic rings. The first-order valence-corrected chi connectivity index (χ1v) is 11.4. The molecule has 0 saturated carbocycles. The van der Waals surface area contributed by atoms with Crippen LogP contribution in [0.25, 0.3) is 10.9 Å². The zero-order valence-electron chi connectivity index (χ0n) is 19.6. The highest BCUT2D eigenvalue weighted by Crippen LogP contribution is 2.37. The van der Waals surface area contributed by atoms with Gasteiger partial charge in [0.2, 0.25) is 0 Å². The molecular weight excluding hydrogens is 418 g/mol. The summed E-state index contributed by atoms with van der Waals surface area (Å²) in [6, 6.07) is 12.2. The second-order valence-electron chi connectivity index (χ2n) is 8.61. The highest BCUT2D eigenvalue weighted by Gasteiger charge is 2.31. The van der Waals surface area contributed by atoms with E-state index < -0.39 is 0 Å². The lowest BCUT2D eigenvalue weighted by Crippen LogP contribution is -2.39. The number of ether oxygens (including phenoxy) is 2. The van der Waals surface area contributed by atoms with E-state index in [4.69, 9.17) is 14.6 Å². The number of H-pyrrole nitrogens is 1. The van der Waals surface area contributed by atoms with Gasteiger partial charge in [0.05, 0.1) is 19.8 Å². The number of fused-ring (bicyclic) bond motifs is 1. The van der Waals surface area contributed by atoms with Gasteiger partial charge in [-0.1, -0.05) is 12.1 Å². The van der Waals surface area contributed by atoms with Gasteiger partial charge in [-0.3, -0.25) is 9.69 Å². The molecule has 1 unspecified atom stereocenters. The Morgan fingerprint density at radius 2 is 2.03 bits per heavy atom. The number of rotatable bonds is 8. The van der Waals surface area contributed by atoms with E-state index in [1.807, 2.05) is 30.5 Å². The zero-order valence-corrected chi connectivity index (χ0v) is 19.6. The minimum absolute atomic E-state index is 0.0733. The van der Waals surface area contributed by atoms with Gasteiger partial charge in [-0.2, -0.15) is 0 Å². The number of aromatic amines is 1. The van der Waals surface area contributed by atoms with Gasteiger partial charge in [-0.25, -0.2) is 0 Å². The predicted molar refractivity (Wildman–Crippen MR) is 129 cm³/mol. The van der Waals surface area contributed by atoms with Crippen molar-refractivity contribution >= 4 is 16.8 Å². The number of nitrogens with one attached hydrogen (secondary N) is 2. The van der Waals surface area contributed by atoms with Crippen LogP contribution < -0.4 is 10.1 Å². The van der Waals surface area contributed by atoms with E-state index in [0.29, 0.717) is 5.56 Å². The molecule has 2 atom stereocenters. The lowest BCUT2D eigenvalue weighted by molar-refractivity contribution is 0.00676. The number of aryl methyl sites for hydroxylation is 1. The Hall–Kier alpha value is -2.87. The fourth-order valence-electron chi connectivity index (χ4n) is 4.84. The number of carbonyl (C=O) groups excluding carboxylic acids is 1. The second kappa shape index (κ2) is 10.4. The third-order valence-electron chi connectivity index (χ3n) is 6.65. The summed E-state index contributed by atoms with van der Waals surface area (Å²) < 4.78 is 11.5. The third kappa shape index (κ3) is 4.90. The smallest absolute Gasteiger partial charge is 0.251 e. The van der Waals surface area contributed by atoms with Crippen molar-refractivity contribution < 1.29 is 19.4 Å². The van der Waals surface area contributed by atoms with Crippen LogP contribution in [-0.2, 0) is 11.3 Å². The molecule has 2 aromatic carbocycles. The number of aliphatic hydroxyl groups excluding tert-OH is 1. The van der Waals surface area contributed by atoms with Crippen molar-refractivity contribution in [2.24, 2.45) is 0 Å². The number of aliphatic hydroxyl groups is 1. The normalized spacial score (nSPS) is 19.0. The molecule has 1 aliphatic heterocycles. The van der Waals surface area contributed by atoms with Crippen molar-refractivity contribution in [2.75, 3.05) is 33.9 Å². The summed E-state index contributed by atoms with van der Waals surface area (Å²) in [6.07, 6.45) is 4.04. The largest absolute Gasteiger partial charge is 0.496 e. The molecule has 1 aromatic heterocycles. The third-order valence-corrected chi connectivity index (χ3v) is 6.65. The molecule has 3 N–H and O–H groups in total. The molecule has 0 spiro atoms. The van der Waals surface area contributed by atoms with E-state index in [-0.39, 0.29) is 31.2 Å². The number of amides is 1. The van der Waals surface area contributed by atoms with Crippen molar-refractivity contribution in [3.05, 3.63) is 64.8 Å². The van der Waals surface area contributed by atoms with Crippen LogP contribution in [0.3, 0.4) is 0 Å². The van der Waals surface area contributed by atoms with E-state index in [1.54, 1.807) is 14.2 Å². The van der Waals surface area contributed by atoms with Gasteiger partial charge in [-0.05, 0) is 55.2 Å². The first kappa shape index (κ1) is 23.3. The van der Waals surface area contributed by atoms with Gasteiger partial charge in [0.1, 0.15) is 5.75 Å². The monoisotopic (exact) mass is 451 g/mol. The lowest BCUT2D eigenvalue weighted by atomic mass is 9.91. The van der Waals surface area contributed by atoms with Gasteiger partial charge in [-0.15, -0.1) is 0 Å². The van der Waals surface area contributed by atoms with Crippen molar-refractivity contribution in [3.8, 4) is 5.75 Å². The van der Waals surface area contributed by atoms with Crippen molar-refractivity contribution in [1.82, 2.24) is 15.2 Å². The van der Waals surface area contributed by atoms with E-state index >= 15 is 0 Å². The zero-order chi connectivity index (χ0) is 23.4. The van der Waals surface area contributed by atoms with Gasteiger partial charge < -0.3 is 24.9 Å². The van der Waals surface area contributed by atoms with Crippen LogP contribution in [0, 0.1) is 6.92 Å². The lowest BCUT2D eigenvalue weighted by Gasteiger charge is -2.39. The number of nitrogens with zero attached hydrogens (tertiary/aromatic N) is 1. The van der Waals surface area contributed by atoms with Crippen LogP contribution in [-0.4, -0.2) is 60.9 Å². The van der Waals surface area contributed by atoms with Gasteiger partial charge in [0.25, 0.3) is 5.91 Å². The summed E-state index contributed by atoms with van der Waals surface area (Å²) in [6.45, 7) is 3.94. The molecule has 33 heavy (non-hydrogen) atoms. The summed E-state index contributed by atoms with van der Waals surface area (Å²) in [4.78, 5) is 18.1. The van der Waals surface area contributed by atoms with Crippen molar-refractivity contribution in [2.45, 2.75) is 38.5 Å². The number of hydrogen-bond acceptors (Lipinski definition) is 5. The van der Waals surface area contributed by atoms with E-state index in [2.05, 4.69) is 34.3 Å². The quantitative estimate of drug-likeness (QED) is 0.488. The molecule has 0 bridgehead atoms. The highest BCUT2D eigenvalue weighted by atomic mass is 16.5. The Labute approximate surface area is 194 Å². The molecule has 0 aliphatic carbocycles. The molecule has 7 heteroatoms. The van der Waals surface area contributed by atoms with Crippen LogP contribution in [0.1, 0.15) is 45.9 Å². The highest BCUT2D eigenvalue weighted by molar-refractivity contribution is 5.94. The standard InChI is InChI=1S/C26H33N3O4/c1-17-14-24(33-3)22(21-8-10-27-25(17)21)16-29-12-9-20(32-2)15-23(29)18-4-6-19(7-5-18)26(31)28-11-13-30/h4-8,10,14,20,23,27,30H,9,11-13,15-16H2,1-3H3,(H,28,31)/t20-,23?/m0/s1. The Balaban J connectivity index is 1.63. The average Bonchev–Trinajstić information content (AvgIpc) is 3.35. The predicted octanol–water partition coefficient (Wildman–Crippen LogP) is 3.56. The average molecular weight is 452 g/mol. The van der Waals surface area contributed by atoms with Crippen LogP contribution in [0.5, 0.6) is 5.75 Å². The van der Waals surface area contributed by atoms with E-state index in [9.17, 15) is 4.79 Å². The maximum atomic E-state index is 12.2. The summed E-state index contributed by atoms with van der Waals surface area (Å²) in [5.41, 5.74) is 5.24. The molecule has 7 nitrogen and oxygen atoms in total. The number of hydrogen-bond donors (Lipinski definition) is 3. The number of carbonyl (C=O) groups is 1. The van der Waals surface area contributed by atoms with Crippen molar-refractivity contribution in [3.63, 3.8) is 0 Å². The maximum absolute atomic E-state index is 12.2. The molecule has 1 amide bonds. The maximum Gasteiger partial charge on any atom is 0.251 e. The molecule has 1 saturated heterocycles. The molecule has 2 heterocycles. The summed E-state index contributed by atoms with van der Waals surface area (Å²) >= 11 is 0. The topological polar surface area (TPSA) is 86.8 Å². The molecule has 4 rings (SSSR count). The molecule has 1 fully saturated rings. The fourth-order valence-corrected chi connectivity index (χ4v) is 4.84. The number of aromatic nitrogens is 1. The summed E-state index contributed by atoms with van der Waals surface area (Å²) in [5, 5.41) is 12.8. The second-order valence-corrected chi connectivity index (χ2v) is 8.61. The number of benzene rings is 2. The van der Waals surface area contributed by atoms with Crippen molar-refractivity contribution in [1.29, 1.82) is 0 Å². The minimum Gasteiger partial charge on any atom is -0.496 e. The Morgan fingerprint density at radius 3 is 2.73 bits per heavy atom. The van der Waals surface area contributed by atoms with E-state index in [0.717, 1.165) is 42.8 Å². The summed E-state index contributed by atoms with van der Waals surface area (Å²) in [7, 11) is 3.50. The van der Waals surface area contributed by atoms with Gasteiger partial charge in [0, 0.05) is 61.0 Å². The Kier molecular flexibility index (Phi) is 7.33. The van der Waals surface area contributed by atoms with Crippen LogP contribution >= 0.6 is 0 Å². The Bertz CT molecular complexity index is 1090. The minimum atomic E-state index is -0.176. The van der Waals surface area contributed by atoms with Crippen LogP contribution in [0.15, 0.2) is 42.6 Å². The first-order chi connectivity index (χ1) is 16.0. The molecule has 3 aromatic rings. The van der Waals surface area contributed by atoms with Gasteiger partial charge in [0.15, 0.2) is 0 Å².